The summed E-state index contributed by atoms with van der Waals surface area (Å²) < 4.78 is 10.5. The fourth-order valence-corrected chi connectivity index (χ4v) is 4.25. The lowest BCUT2D eigenvalue weighted by molar-refractivity contribution is -0.132. The van der Waals surface area contributed by atoms with Crippen molar-refractivity contribution in [2.75, 3.05) is 0 Å². The predicted octanol–water partition coefficient (Wildman–Crippen LogP) is 5.20. The number of aromatic amines is 1. The van der Waals surface area contributed by atoms with Gasteiger partial charge in [-0.1, -0.05) is 60.7 Å². The van der Waals surface area contributed by atoms with Gasteiger partial charge in [0.05, 0.1) is 6.04 Å². The number of aromatic nitrogens is 1. The first-order valence-corrected chi connectivity index (χ1v) is 12.4. The summed E-state index contributed by atoms with van der Waals surface area (Å²) in [5.74, 6) is -0.342. The Hall–Kier alpha value is -4.59. The van der Waals surface area contributed by atoms with Gasteiger partial charge in [-0.15, -0.1) is 0 Å². The summed E-state index contributed by atoms with van der Waals surface area (Å²) in [6.45, 7) is 4.90. The molecule has 0 saturated carbocycles. The van der Waals surface area contributed by atoms with Crippen LogP contribution in [0.15, 0.2) is 85.1 Å². The maximum Gasteiger partial charge on any atom is 0.408 e. The lowest BCUT2D eigenvalue weighted by Gasteiger charge is -2.31. The van der Waals surface area contributed by atoms with E-state index in [2.05, 4.69) is 15.6 Å². The summed E-state index contributed by atoms with van der Waals surface area (Å²) in [5, 5.41) is 6.82. The maximum atomic E-state index is 13.6. The number of ether oxygens (including phenoxy) is 2. The second-order valence-corrected chi connectivity index (χ2v) is 9.41. The number of fused-ring (bicyclic) bond motifs is 1. The molecule has 0 aliphatic rings. The number of benzene rings is 3. The SMILES string of the molecule is CC(=O)Oc1ccc(COC(=O)N[C@](C)(Cc2c[nH]c3ccccc23)C(=O)NC(C)c2ccccc2)cc1. The lowest BCUT2D eigenvalue weighted by atomic mass is 9.91. The van der Waals surface area contributed by atoms with E-state index in [0.29, 0.717) is 11.3 Å². The van der Waals surface area contributed by atoms with Crippen LogP contribution in [0, 0.1) is 0 Å². The smallest absolute Gasteiger partial charge is 0.408 e. The average molecular weight is 514 g/mol. The number of H-pyrrole nitrogens is 1. The van der Waals surface area contributed by atoms with Crippen molar-refractivity contribution in [2.45, 2.75) is 45.4 Å². The van der Waals surface area contributed by atoms with E-state index < -0.39 is 17.6 Å². The molecule has 38 heavy (non-hydrogen) atoms. The molecule has 0 radical (unpaired) electrons. The molecule has 3 N–H and O–H groups in total. The minimum Gasteiger partial charge on any atom is -0.445 e. The van der Waals surface area contributed by atoms with Gasteiger partial charge in [-0.25, -0.2) is 4.79 Å². The molecule has 1 heterocycles. The molecule has 2 amide bonds. The van der Waals surface area contributed by atoms with Crippen LogP contribution < -0.4 is 15.4 Å². The second-order valence-electron chi connectivity index (χ2n) is 9.41. The van der Waals surface area contributed by atoms with Gasteiger partial charge < -0.3 is 25.1 Å². The van der Waals surface area contributed by atoms with Crippen LogP contribution in [0.4, 0.5) is 4.79 Å². The first-order valence-electron chi connectivity index (χ1n) is 12.4. The van der Waals surface area contributed by atoms with Crippen molar-refractivity contribution in [3.05, 3.63) is 102 Å². The van der Waals surface area contributed by atoms with Crippen molar-refractivity contribution in [3.8, 4) is 5.75 Å². The van der Waals surface area contributed by atoms with E-state index in [4.69, 9.17) is 9.47 Å². The number of esters is 1. The molecule has 4 rings (SSSR count). The van der Waals surface area contributed by atoms with Crippen molar-refractivity contribution >= 4 is 28.9 Å². The highest BCUT2D eigenvalue weighted by atomic mass is 16.5. The molecule has 196 valence electrons. The number of nitrogens with one attached hydrogen (secondary N) is 3. The Morgan fingerprint density at radius 3 is 2.34 bits per heavy atom. The fourth-order valence-electron chi connectivity index (χ4n) is 4.25. The standard InChI is InChI=1S/C30H31N3O5/c1-20(23-9-5-4-6-10-23)32-28(35)30(3,17-24-18-31-27-12-8-7-11-26(24)27)33-29(36)37-19-22-13-15-25(16-14-22)38-21(2)34/h4-16,18,20,31H,17,19H2,1-3H3,(H,32,35)(H,33,36)/t20?,30-/m1/s1. The molecule has 8 heteroatoms. The Balaban J connectivity index is 1.49. The van der Waals surface area contributed by atoms with E-state index in [9.17, 15) is 14.4 Å². The molecule has 0 saturated heterocycles. The molecule has 0 aliphatic carbocycles. The van der Waals surface area contributed by atoms with Gasteiger partial charge in [-0.05, 0) is 48.7 Å². The van der Waals surface area contributed by atoms with Gasteiger partial charge in [0.15, 0.2) is 0 Å². The summed E-state index contributed by atoms with van der Waals surface area (Å²) in [7, 11) is 0. The molecule has 0 fully saturated rings. The Morgan fingerprint density at radius 1 is 0.947 bits per heavy atom. The topological polar surface area (TPSA) is 110 Å². The first kappa shape index (κ1) is 26.5. The molecule has 3 aromatic carbocycles. The Kier molecular flexibility index (Phi) is 8.11. The first-order chi connectivity index (χ1) is 18.2. The van der Waals surface area contributed by atoms with E-state index in [1.165, 1.54) is 6.92 Å². The van der Waals surface area contributed by atoms with Crippen molar-refractivity contribution in [1.29, 1.82) is 0 Å². The highest BCUT2D eigenvalue weighted by Crippen LogP contribution is 2.24. The van der Waals surface area contributed by atoms with Gasteiger partial charge in [0.2, 0.25) is 5.91 Å². The van der Waals surface area contributed by atoms with E-state index >= 15 is 0 Å². The number of rotatable bonds is 9. The molecule has 1 aromatic heterocycles. The average Bonchev–Trinajstić information content (AvgIpc) is 3.30. The predicted molar refractivity (Wildman–Crippen MR) is 144 cm³/mol. The Bertz CT molecular complexity index is 1410. The van der Waals surface area contributed by atoms with E-state index in [1.807, 2.05) is 67.7 Å². The molecule has 0 aliphatic heterocycles. The molecule has 0 spiro atoms. The summed E-state index contributed by atoms with van der Waals surface area (Å²) in [6.07, 6.45) is 1.38. The van der Waals surface area contributed by atoms with Crippen LogP contribution in [-0.4, -0.2) is 28.5 Å². The number of hydrogen-bond donors (Lipinski definition) is 3. The van der Waals surface area contributed by atoms with Crippen LogP contribution in [0.2, 0.25) is 0 Å². The third kappa shape index (κ3) is 6.59. The molecule has 8 nitrogen and oxygen atoms in total. The zero-order chi connectivity index (χ0) is 27.1. The van der Waals surface area contributed by atoms with E-state index in [0.717, 1.165) is 22.0 Å². The van der Waals surface area contributed by atoms with Crippen LogP contribution >= 0.6 is 0 Å². The van der Waals surface area contributed by atoms with Crippen molar-refractivity contribution in [1.82, 2.24) is 15.6 Å². The number of carbonyl (C=O) groups excluding carboxylic acids is 3. The van der Waals surface area contributed by atoms with Crippen LogP contribution in [0.25, 0.3) is 10.9 Å². The number of hydrogen-bond acceptors (Lipinski definition) is 5. The summed E-state index contributed by atoms with van der Waals surface area (Å²) >= 11 is 0. The van der Waals surface area contributed by atoms with Crippen molar-refractivity contribution in [3.63, 3.8) is 0 Å². The molecule has 0 bridgehead atoms. The minimum atomic E-state index is -1.30. The third-order valence-corrected chi connectivity index (χ3v) is 6.30. The van der Waals surface area contributed by atoms with Crippen LogP contribution in [0.5, 0.6) is 5.75 Å². The highest BCUT2D eigenvalue weighted by molar-refractivity contribution is 5.91. The van der Waals surface area contributed by atoms with Gasteiger partial charge in [0, 0.05) is 30.4 Å². The van der Waals surface area contributed by atoms with Crippen LogP contribution in [0.1, 0.15) is 43.5 Å². The van der Waals surface area contributed by atoms with Crippen molar-refractivity contribution < 1.29 is 23.9 Å². The quantitative estimate of drug-likeness (QED) is 0.211. The van der Waals surface area contributed by atoms with E-state index in [1.54, 1.807) is 31.2 Å². The number of alkyl carbamates (subject to hydrolysis) is 1. The molecule has 1 unspecified atom stereocenters. The molecule has 4 aromatic rings. The van der Waals surface area contributed by atoms with Gasteiger partial charge in [-0.3, -0.25) is 9.59 Å². The third-order valence-electron chi connectivity index (χ3n) is 6.30. The van der Waals surface area contributed by atoms with Gasteiger partial charge >= 0.3 is 12.1 Å². The Labute approximate surface area is 221 Å². The summed E-state index contributed by atoms with van der Waals surface area (Å²) in [5.41, 5.74) is 2.20. The molecular weight excluding hydrogens is 482 g/mol. The maximum absolute atomic E-state index is 13.6. The normalized spacial score (nSPS) is 13.2. The largest absolute Gasteiger partial charge is 0.445 e. The van der Waals surface area contributed by atoms with Crippen LogP contribution in [-0.2, 0) is 27.4 Å². The molecule has 2 atom stereocenters. The van der Waals surface area contributed by atoms with Gasteiger partial charge in [0.1, 0.15) is 17.9 Å². The lowest BCUT2D eigenvalue weighted by Crippen LogP contribution is -2.58. The Morgan fingerprint density at radius 2 is 1.63 bits per heavy atom. The van der Waals surface area contributed by atoms with Gasteiger partial charge in [-0.2, -0.15) is 0 Å². The van der Waals surface area contributed by atoms with Gasteiger partial charge in [0.25, 0.3) is 0 Å². The minimum absolute atomic E-state index is 0.0165. The summed E-state index contributed by atoms with van der Waals surface area (Å²) in [6, 6.07) is 23.8. The zero-order valence-corrected chi connectivity index (χ0v) is 21.6. The van der Waals surface area contributed by atoms with Crippen LogP contribution in [0.3, 0.4) is 0 Å². The number of para-hydroxylation sites is 1. The monoisotopic (exact) mass is 513 g/mol. The second kappa shape index (κ2) is 11.6. The fraction of sp³-hybridized carbons (Fsp3) is 0.233. The molecular formula is C30H31N3O5. The summed E-state index contributed by atoms with van der Waals surface area (Å²) in [4.78, 5) is 40.8. The zero-order valence-electron chi connectivity index (χ0n) is 21.6. The number of carbonyl (C=O) groups is 3. The van der Waals surface area contributed by atoms with E-state index in [-0.39, 0.29) is 25.0 Å². The van der Waals surface area contributed by atoms with Crippen molar-refractivity contribution in [2.24, 2.45) is 0 Å². The number of amides is 2. The highest BCUT2D eigenvalue weighted by Gasteiger charge is 2.37.